The van der Waals surface area contributed by atoms with Crippen molar-refractivity contribution >= 4 is 18.2 Å². The minimum absolute atomic E-state index is 0.0439. The summed E-state index contributed by atoms with van der Waals surface area (Å²) in [6, 6.07) is -1.38. The number of nitrogens with one attached hydrogen (secondary N) is 1. The van der Waals surface area contributed by atoms with E-state index >= 15 is 4.79 Å². The lowest BCUT2D eigenvalue weighted by Gasteiger charge is -2.71. The maximum absolute atomic E-state index is 15.7. The Bertz CT molecular complexity index is 2390. The van der Waals surface area contributed by atoms with Gasteiger partial charge in [-0.25, -0.2) is 0 Å². The fourth-order valence-corrected chi connectivity index (χ4v) is 17.7. The molecular weight excluding hydrogens is 1140 g/mol. The molecule has 498 valence electrons. The van der Waals surface area contributed by atoms with E-state index < -0.39 is 177 Å². The van der Waals surface area contributed by atoms with Crippen LogP contribution in [0.25, 0.3) is 0 Å². The molecule has 4 saturated carbocycles. The molecule has 8 fully saturated rings. The number of fused-ring (bicyclic) bond motifs is 7. The Morgan fingerprint density at radius 3 is 1.94 bits per heavy atom. The second-order valence-electron chi connectivity index (χ2n) is 29.0. The van der Waals surface area contributed by atoms with Gasteiger partial charge < -0.3 is 109 Å². The molecule has 0 radical (unpaired) electrons. The molecule has 15 unspecified atom stereocenters. The molecule has 87 heavy (non-hydrogen) atoms. The maximum atomic E-state index is 15.7. The van der Waals surface area contributed by atoms with Gasteiger partial charge in [0.2, 0.25) is 12.2 Å². The predicted octanol–water partition coefficient (Wildman–Crippen LogP) is 1.05. The molecular formula is C63H103NO23. The number of aldehydes is 1. The van der Waals surface area contributed by atoms with E-state index in [0.29, 0.717) is 58.0 Å². The molecule has 9 aliphatic rings. The van der Waals surface area contributed by atoms with Crippen LogP contribution >= 0.6 is 0 Å². The summed E-state index contributed by atoms with van der Waals surface area (Å²) in [5.41, 5.74) is -2.95. The second kappa shape index (κ2) is 27.3. The normalized spacial score (nSPS) is 48.6. The highest BCUT2D eigenvalue weighted by molar-refractivity contribution is 5.80. The van der Waals surface area contributed by atoms with E-state index in [1.807, 2.05) is 6.92 Å². The number of hydrogen-bond acceptors (Lipinski definition) is 23. The topological polar surface area (TPSA) is 380 Å². The Hall–Kier alpha value is -2.41. The highest BCUT2D eigenvalue weighted by atomic mass is 16.8. The molecule has 24 nitrogen and oxygen atoms in total. The van der Waals surface area contributed by atoms with Gasteiger partial charge in [0.15, 0.2) is 25.0 Å². The van der Waals surface area contributed by atoms with Gasteiger partial charge in [0, 0.05) is 13.0 Å². The molecule has 28 atom stereocenters. The number of aliphatic hydroxyl groups is 12. The van der Waals surface area contributed by atoms with E-state index in [1.165, 1.54) is 6.92 Å². The molecule has 5 aliphatic carbocycles. The Morgan fingerprint density at radius 1 is 0.644 bits per heavy atom. The Balaban J connectivity index is 0.901. The van der Waals surface area contributed by atoms with E-state index in [9.17, 15) is 70.9 Å². The van der Waals surface area contributed by atoms with Crippen LogP contribution in [0.4, 0.5) is 0 Å². The number of carbonyl (C=O) groups excluding carboxylic acids is 3. The monoisotopic (exact) mass is 1240 g/mol. The molecule has 4 saturated heterocycles. The molecule has 4 aliphatic heterocycles. The van der Waals surface area contributed by atoms with Crippen molar-refractivity contribution in [3.8, 4) is 0 Å². The number of hydrogen-bond donors (Lipinski definition) is 13. The van der Waals surface area contributed by atoms with E-state index in [4.69, 9.17) is 37.9 Å². The van der Waals surface area contributed by atoms with Gasteiger partial charge in [-0.3, -0.25) is 9.59 Å². The molecule has 0 aromatic carbocycles. The van der Waals surface area contributed by atoms with Crippen LogP contribution in [0.15, 0.2) is 11.6 Å². The van der Waals surface area contributed by atoms with Gasteiger partial charge in [-0.15, -0.1) is 0 Å². The zero-order valence-corrected chi connectivity index (χ0v) is 51.8. The lowest BCUT2D eigenvalue weighted by molar-refractivity contribution is -0.370. The van der Waals surface area contributed by atoms with Crippen molar-refractivity contribution < 1.29 is 114 Å². The summed E-state index contributed by atoms with van der Waals surface area (Å²) in [5, 5.41) is 134. The molecule has 0 bridgehead atoms. The fraction of sp³-hybridized carbons (Fsp3) is 0.921. The largest absolute Gasteiger partial charge is 0.432 e. The van der Waals surface area contributed by atoms with Crippen molar-refractivity contribution in [1.29, 1.82) is 0 Å². The summed E-state index contributed by atoms with van der Waals surface area (Å²) in [6.07, 6.45) is -13.2. The fourth-order valence-electron chi connectivity index (χ4n) is 17.7. The summed E-state index contributed by atoms with van der Waals surface area (Å²) in [4.78, 5) is 42.3. The highest BCUT2D eigenvalue weighted by Gasteiger charge is 2.72. The first-order valence-corrected chi connectivity index (χ1v) is 32.3. The standard InChI is InChI=1S/C63H103NO23/c1-32-51(85-54-48(76)44(72)35(68)30-81-54)47(75)50(78)55(82-32)86-52-46(74)43(64-42(71)16-14-12-10-8-9-11-13-15-25-80-53-49(77)45(73)37(29-66)84-53)36(28-65)83-56(52)87-57(79)63-24-23-58(2,3)26-34(63)33-17-18-39-59(4)21-20-40(69)60(5,31-67)38(59)19-22-61(39,6)62(33,7)27-41(63)70/h17,31-32,34-41,43-56,65-66,68-70,72-78H,8-16,18-30H2,1-7H3,(H,64,71)/t32?,34?,35-,36?,37+,38-,39?,40+,41?,43+,44?,45?,46?,47?,48?,49?,50?,51+,52?,53-,54+,55+,56+,59?,60-,61?,62-,63-/m1/s1. The second-order valence-corrected chi connectivity index (χ2v) is 29.0. The zero-order chi connectivity index (χ0) is 63.3. The van der Waals surface area contributed by atoms with Crippen LogP contribution in [0.3, 0.4) is 0 Å². The number of esters is 1. The van der Waals surface area contributed by atoms with Crippen LogP contribution in [0.5, 0.6) is 0 Å². The van der Waals surface area contributed by atoms with Gasteiger partial charge in [0.25, 0.3) is 0 Å². The van der Waals surface area contributed by atoms with Gasteiger partial charge in [0.1, 0.15) is 78.8 Å². The average molecular weight is 1240 g/mol. The maximum Gasteiger partial charge on any atom is 0.317 e. The Morgan fingerprint density at radius 2 is 1.28 bits per heavy atom. The van der Waals surface area contributed by atoms with Gasteiger partial charge in [-0.1, -0.05) is 91.7 Å². The van der Waals surface area contributed by atoms with Crippen LogP contribution in [-0.4, -0.2) is 229 Å². The summed E-state index contributed by atoms with van der Waals surface area (Å²) in [7, 11) is 0. The number of unbranched alkanes of at least 4 members (excludes halogenated alkanes) is 7. The Kier molecular flexibility index (Phi) is 21.6. The number of rotatable bonds is 22. The van der Waals surface area contributed by atoms with Crippen LogP contribution in [0.2, 0.25) is 0 Å². The first kappa shape index (κ1) is 68.9. The van der Waals surface area contributed by atoms with Crippen LogP contribution in [0, 0.1) is 50.2 Å². The zero-order valence-electron chi connectivity index (χ0n) is 51.8. The van der Waals surface area contributed by atoms with E-state index in [0.717, 1.165) is 56.8 Å². The van der Waals surface area contributed by atoms with Crippen molar-refractivity contribution in [2.45, 2.75) is 287 Å². The Labute approximate surface area is 510 Å². The molecule has 0 aromatic rings. The lowest BCUT2D eigenvalue weighted by atomic mass is 9.33. The van der Waals surface area contributed by atoms with Gasteiger partial charge in [0.05, 0.1) is 49.6 Å². The highest BCUT2D eigenvalue weighted by Crippen LogP contribution is 2.76. The third-order valence-electron chi connectivity index (χ3n) is 23.3. The molecule has 4 heterocycles. The minimum Gasteiger partial charge on any atom is -0.432 e. The number of ether oxygens (including phenoxy) is 8. The summed E-state index contributed by atoms with van der Waals surface area (Å²) in [5.74, 6) is -1.80. The summed E-state index contributed by atoms with van der Waals surface area (Å²) >= 11 is 0. The van der Waals surface area contributed by atoms with Crippen molar-refractivity contribution in [2.24, 2.45) is 50.2 Å². The number of amides is 1. The van der Waals surface area contributed by atoms with E-state index in [2.05, 4.69) is 46.0 Å². The molecule has 24 heteroatoms. The minimum atomic E-state index is -1.96. The first-order chi connectivity index (χ1) is 41.1. The number of carbonyl (C=O) groups is 3. The smallest absolute Gasteiger partial charge is 0.317 e. The van der Waals surface area contributed by atoms with E-state index in [1.54, 1.807) is 0 Å². The summed E-state index contributed by atoms with van der Waals surface area (Å²) in [6.45, 7) is 13.1. The SMILES string of the molecule is CC1O[C@@H](OC2C(O)[C@@H](NC(=O)CCCCCCCCCCO[C@@H]3O[C@@H](CO)C(O)C3O)C(CO)O[C@H]2OC(=O)[C@]23CCC(C)(C)CC2C2=CCC4C5(C)CC[C@H](O)[C@](C)(C=O)[C@@H]5CCC4(C)[C@]2(C)CC3O)C(O)C(O)[C@H]1O[C@@H]1OC[C@@H](O)C(O)C1O. The molecule has 1 amide bonds. The van der Waals surface area contributed by atoms with Gasteiger partial charge in [-0.05, 0) is 117 Å². The van der Waals surface area contributed by atoms with Crippen LogP contribution < -0.4 is 5.32 Å². The van der Waals surface area contributed by atoms with Gasteiger partial charge >= 0.3 is 5.97 Å². The molecule has 0 aromatic heterocycles. The third-order valence-corrected chi connectivity index (χ3v) is 23.3. The number of allylic oxidation sites excluding steroid dienone is 2. The van der Waals surface area contributed by atoms with Crippen molar-refractivity contribution in [3.05, 3.63) is 11.6 Å². The molecule has 0 spiro atoms. The van der Waals surface area contributed by atoms with E-state index in [-0.39, 0.29) is 47.3 Å². The summed E-state index contributed by atoms with van der Waals surface area (Å²) < 4.78 is 47.5. The van der Waals surface area contributed by atoms with Crippen molar-refractivity contribution in [2.75, 3.05) is 26.4 Å². The third kappa shape index (κ3) is 12.8. The quantitative estimate of drug-likeness (QED) is 0.0312. The first-order valence-electron chi connectivity index (χ1n) is 32.3. The number of aliphatic hydroxyl groups excluding tert-OH is 12. The van der Waals surface area contributed by atoms with Crippen LogP contribution in [-0.2, 0) is 52.3 Å². The molecule has 13 N–H and O–H groups in total. The van der Waals surface area contributed by atoms with Crippen molar-refractivity contribution in [1.82, 2.24) is 5.32 Å². The lowest BCUT2D eigenvalue weighted by Crippen LogP contribution is -2.69. The average Bonchev–Trinajstić information content (AvgIpc) is 0.957. The van der Waals surface area contributed by atoms with Crippen LogP contribution in [0.1, 0.15) is 164 Å². The van der Waals surface area contributed by atoms with Gasteiger partial charge in [-0.2, -0.15) is 0 Å². The molecule has 9 rings (SSSR count). The predicted molar refractivity (Wildman–Crippen MR) is 306 cm³/mol. The van der Waals surface area contributed by atoms with Crippen molar-refractivity contribution in [3.63, 3.8) is 0 Å².